The maximum atomic E-state index is 13.8. The van der Waals surface area contributed by atoms with E-state index in [1.807, 2.05) is 44.4 Å². The number of nitrogens with one attached hydrogen (secondary N) is 3. The quantitative estimate of drug-likeness (QED) is 0.381. The third-order valence-corrected chi connectivity index (χ3v) is 6.70. The number of hydrogen-bond acceptors (Lipinski definition) is 6. The Hall–Kier alpha value is -2.85. The predicted octanol–water partition coefficient (Wildman–Crippen LogP) is 1.80. The maximum absolute atomic E-state index is 13.8. The van der Waals surface area contributed by atoms with Crippen molar-refractivity contribution in [2.45, 2.75) is 57.9 Å². The van der Waals surface area contributed by atoms with Gasteiger partial charge in [-0.05, 0) is 35.5 Å². The van der Waals surface area contributed by atoms with Crippen molar-refractivity contribution in [1.82, 2.24) is 25.5 Å². The zero-order valence-electron chi connectivity index (χ0n) is 19.8. The number of carboxylic acid groups (broad SMARTS) is 1. The number of aromatic amines is 1. The molecule has 0 fully saturated rings. The van der Waals surface area contributed by atoms with Crippen LogP contribution < -0.4 is 10.6 Å². The molecule has 0 aliphatic carbocycles. The molecule has 2 amide bonds. The number of H-pyrrole nitrogens is 1. The molecule has 0 radical (unpaired) electrons. The second kappa shape index (κ2) is 12.0. The van der Waals surface area contributed by atoms with E-state index in [1.54, 1.807) is 17.4 Å². The van der Waals surface area contributed by atoms with Crippen molar-refractivity contribution in [2.24, 2.45) is 5.92 Å². The molecule has 2 aromatic rings. The monoisotopic (exact) mass is 487 g/mol. The highest BCUT2D eigenvalue weighted by atomic mass is 32.2. The van der Waals surface area contributed by atoms with E-state index in [4.69, 9.17) is 0 Å². The zero-order valence-corrected chi connectivity index (χ0v) is 20.6. The number of carbonyl (C=O) groups is 3. The van der Waals surface area contributed by atoms with E-state index < -0.39 is 30.0 Å². The molecule has 184 valence electrons. The van der Waals surface area contributed by atoms with Gasteiger partial charge in [0, 0.05) is 31.4 Å². The van der Waals surface area contributed by atoms with Crippen molar-refractivity contribution in [3.05, 3.63) is 53.6 Å². The van der Waals surface area contributed by atoms with Crippen molar-refractivity contribution in [3.8, 4) is 0 Å². The van der Waals surface area contributed by atoms with E-state index in [9.17, 15) is 19.5 Å². The van der Waals surface area contributed by atoms with Gasteiger partial charge in [-0.15, -0.1) is 0 Å². The molecular weight excluding hydrogens is 454 g/mol. The van der Waals surface area contributed by atoms with Gasteiger partial charge in [-0.1, -0.05) is 38.1 Å². The second-order valence-corrected chi connectivity index (χ2v) is 9.80. The Morgan fingerprint density at radius 1 is 1.26 bits per heavy atom. The highest BCUT2D eigenvalue weighted by Gasteiger charge is 2.39. The average Bonchev–Trinajstić information content (AvgIpc) is 3.34. The number of carbonyl (C=O) groups excluding carboxylic acids is 2. The van der Waals surface area contributed by atoms with E-state index in [0.717, 1.165) is 16.8 Å². The van der Waals surface area contributed by atoms with Crippen LogP contribution in [0.4, 0.5) is 0 Å². The van der Waals surface area contributed by atoms with Crippen LogP contribution in [-0.2, 0) is 33.9 Å². The zero-order chi connectivity index (χ0) is 24.7. The Bertz CT molecular complexity index is 982. The largest absolute Gasteiger partial charge is 0.480 e. The first-order valence-electron chi connectivity index (χ1n) is 11.4. The molecule has 1 aliphatic heterocycles. The summed E-state index contributed by atoms with van der Waals surface area (Å²) in [4.78, 5) is 47.4. The normalized spacial score (nSPS) is 17.2. The molecule has 0 saturated carbocycles. The first-order chi connectivity index (χ1) is 16.3. The van der Waals surface area contributed by atoms with Crippen LogP contribution in [0.25, 0.3) is 0 Å². The van der Waals surface area contributed by atoms with Crippen LogP contribution in [0.15, 0.2) is 36.8 Å². The lowest BCUT2D eigenvalue weighted by Gasteiger charge is -2.39. The minimum Gasteiger partial charge on any atom is -0.480 e. The first-order valence-corrected chi connectivity index (χ1v) is 12.8. The summed E-state index contributed by atoms with van der Waals surface area (Å²) in [6.07, 6.45) is 5.83. The van der Waals surface area contributed by atoms with Gasteiger partial charge in [-0.25, -0.2) is 9.78 Å². The van der Waals surface area contributed by atoms with Crippen LogP contribution in [0.1, 0.15) is 37.1 Å². The molecule has 3 rings (SSSR count). The van der Waals surface area contributed by atoms with Crippen LogP contribution in [0.5, 0.6) is 0 Å². The molecule has 1 aromatic carbocycles. The molecule has 10 heteroatoms. The lowest BCUT2D eigenvalue weighted by Crippen LogP contribution is -2.59. The fourth-order valence-corrected chi connectivity index (χ4v) is 4.61. The van der Waals surface area contributed by atoms with Gasteiger partial charge in [0.1, 0.15) is 12.1 Å². The summed E-state index contributed by atoms with van der Waals surface area (Å²) in [5.41, 5.74) is 2.84. The molecule has 3 unspecified atom stereocenters. The third kappa shape index (κ3) is 6.38. The second-order valence-electron chi connectivity index (χ2n) is 8.82. The number of aliphatic carboxylic acids is 1. The molecule has 3 atom stereocenters. The number of rotatable bonds is 11. The maximum Gasteiger partial charge on any atom is 0.326 e. The summed E-state index contributed by atoms with van der Waals surface area (Å²) in [7, 11) is 0. The summed E-state index contributed by atoms with van der Waals surface area (Å²) >= 11 is 1.52. The fourth-order valence-electron chi connectivity index (χ4n) is 4.14. The molecule has 0 spiro atoms. The van der Waals surface area contributed by atoms with Gasteiger partial charge >= 0.3 is 5.97 Å². The number of aromatic nitrogens is 2. The van der Waals surface area contributed by atoms with Gasteiger partial charge in [0.2, 0.25) is 11.8 Å². The Morgan fingerprint density at radius 3 is 2.62 bits per heavy atom. The number of thioether (sulfide) groups is 1. The summed E-state index contributed by atoms with van der Waals surface area (Å²) in [6.45, 7) is 4.65. The van der Waals surface area contributed by atoms with Crippen LogP contribution in [0, 0.1) is 5.92 Å². The van der Waals surface area contributed by atoms with E-state index in [-0.39, 0.29) is 11.8 Å². The number of imidazole rings is 1. The molecule has 9 nitrogen and oxygen atoms in total. The van der Waals surface area contributed by atoms with E-state index in [2.05, 4.69) is 20.6 Å². The Morgan fingerprint density at radius 2 is 2.00 bits per heavy atom. The number of carboxylic acids is 1. The van der Waals surface area contributed by atoms with Crippen molar-refractivity contribution in [1.29, 1.82) is 0 Å². The smallest absolute Gasteiger partial charge is 0.326 e. The highest BCUT2D eigenvalue weighted by Crippen LogP contribution is 2.25. The van der Waals surface area contributed by atoms with Gasteiger partial charge in [-0.2, -0.15) is 11.8 Å². The van der Waals surface area contributed by atoms with Gasteiger partial charge in [-0.3, -0.25) is 14.9 Å². The Balaban J connectivity index is 1.83. The summed E-state index contributed by atoms with van der Waals surface area (Å²) in [6, 6.07) is 5.45. The number of hydrogen-bond donors (Lipinski definition) is 4. The van der Waals surface area contributed by atoms with Crippen molar-refractivity contribution in [2.75, 3.05) is 12.0 Å². The summed E-state index contributed by atoms with van der Waals surface area (Å²) < 4.78 is 0. The van der Waals surface area contributed by atoms with E-state index in [1.165, 1.54) is 11.8 Å². The van der Waals surface area contributed by atoms with Crippen LogP contribution in [0.2, 0.25) is 0 Å². The van der Waals surface area contributed by atoms with Crippen molar-refractivity contribution in [3.63, 3.8) is 0 Å². The predicted molar refractivity (Wildman–Crippen MR) is 131 cm³/mol. The fraction of sp³-hybridized carbons (Fsp3) is 0.500. The van der Waals surface area contributed by atoms with Crippen LogP contribution in [0.3, 0.4) is 0 Å². The Kier molecular flexibility index (Phi) is 9.12. The van der Waals surface area contributed by atoms with Gasteiger partial charge in [0.25, 0.3) is 0 Å². The highest BCUT2D eigenvalue weighted by molar-refractivity contribution is 7.98. The van der Waals surface area contributed by atoms with Crippen molar-refractivity contribution < 1.29 is 19.5 Å². The Labute approximate surface area is 204 Å². The topological polar surface area (TPSA) is 127 Å². The lowest BCUT2D eigenvalue weighted by molar-refractivity contribution is -0.146. The summed E-state index contributed by atoms with van der Waals surface area (Å²) in [5.74, 6) is -1.10. The molecule has 1 aromatic heterocycles. The van der Waals surface area contributed by atoms with Gasteiger partial charge in [0.15, 0.2) is 0 Å². The standard InChI is InChI=1S/C24H33N5O4S/c1-15(2)21(26-12-18-11-25-14-27-18)23(31)29-13-17-7-5-4-6-16(17)10-20(29)22(30)28-19(24(32)33)8-9-34-3/h4-7,11,14-15,19-21,26H,8-10,12-13H2,1-3H3,(H,25,27)(H,28,30)(H,32,33). The summed E-state index contributed by atoms with van der Waals surface area (Å²) in [5, 5.41) is 15.6. The minimum absolute atomic E-state index is 0.0235. The SMILES string of the molecule is CSCCC(NC(=O)C1Cc2ccccc2CN1C(=O)C(NCc1cnc[nH]1)C(C)C)C(=O)O. The lowest BCUT2D eigenvalue weighted by atomic mass is 9.91. The molecule has 2 heterocycles. The number of benzene rings is 1. The average molecular weight is 488 g/mol. The molecular formula is C24H33N5O4S. The molecule has 0 bridgehead atoms. The molecule has 34 heavy (non-hydrogen) atoms. The van der Waals surface area contributed by atoms with Crippen molar-refractivity contribution >= 4 is 29.5 Å². The van der Waals surface area contributed by atoms with Crippen LogP contribution in [-0.4, -0.2) is 67.9 Å². The number of fused-ring (bicyclic) bond motifs is 1. The first kappa shape index (κ1) is 25.8. The molecule has 1 aliphatic rings. The van der Waals surface area contributed by atoms with E-state index >= 15 is 0 Å². The van der Waals surface area contributed by atoms with Crippen LogP contribution >= 0.6 is 11.8 Å². The van der Waals surface area contributed by atoms with E-state index in [0.29, 0.717) is 31.7 Å². The minimum atomic E-state index is -1.07. The van der Waals surface area contributed by atoms with Gasteiger partial charge < -0.3 is 20.3 Å². The molecule has 4 N–H and O–H groups in total. The number of nitrogens with zero attached hydrogens (tertiary/aromatic N) is 2. The van der Waals surface area contributed by atoms with Gasteiger partial charge in [0.05, 0.1) is 12.4 Å². The number of amides is 2. The molecule has 0 saturated heterocycles. The third-order valence-electron chi connectivity index (χ3n) is 6.06.